The van der Waals surface area contributed by atoms with Crippen molar-refractivity contribution in [2.24, 2.45) is 5.92 Å². The van der Waals surface area contributed by atoms with Crippen molar-refractivity contribution < 1.29 is 9.59 Å². The summed E-state index contributed by atoms with van der Waals surface area (Å²) >= 11 is 0. The van der Waals surface area contributed by atoms with E-state index in [9.17, 15) is 9.59 Å². The average molecular weight is 484 g/mol. The fraction of sp³-hybridized carbons (Fsp3) is 0.310. The molecule has 0 aliphatic rings. The van der Waals surface area contributed by atoms with Gasteiger partial charge in [-0.25, -0.2) is 4.68 Å². The van der Waals surface area contributed by atoms with E-state index >= 15 is 0 Å². The quantitative estimate of drug-likeness (QED) is 0.364. The molecule has 0 radical (unpaired) electrons. The van der Waals surface area contributed by atoms with Crippen LogP contribution < -0.4 is 10.2 Å². The molecule has 3 aromatic carbocycles. The smallest absolute Gasteiger partial charge is 0.249 e. The second kappa shape index (κ2) is 11.2. The van der Waals surface area contributed by atoms with Crippen molar-refractivity contribution in [2.75, 3.05) is 11.4 Å². The predicted octanol–water partition coefficient (Wildman–Crippen LogP) is 4.98. The maximum atomic E-state index is 14.0. The average Bonchev–Trinajstić information content (AvgIpc) is 3.24. The van der Waals surface area contributed by atoms with Gasteiger partial charge in [-0.1, -0.05) is 67.6 Å². The monoisotopic (exact) mass is 483 g/mol. The first-order valence-electron chi connectivity index (χ1n) is 12.3. The first-order valence-corrected chi connectivity index (χ1v) is 12.3. The van der Waals surface area contributed by atoms with Gasteiger partial charge in [-0.3, -0.25) is 14.5 Å². The third-order valence-corrected chi connectivity index (χ3v) is 6.10. The Balaban J connectivity index is 1.77. The fourth-order valence-corrected chi connectivity index (χ4v) is 4.40. The Bertz CT molecular complexity index is 1330. The molecule has 7 nitrogen and oxygen atoms in total. The Hall–Kier alpha value is -4.00. The van der Waals surface area contributed by atoms with Gasteiger partial charge in [0.05, 0.1) is 5.52 Å². The van der Waals surface area contributed by atoms with Crippen molar-refractivity contribution in [2.45, 2.75) is 46.7 Å². The standard InChI is InChI=1S/C29H33N5O2/c1-20(2)14-15-30-29(36)28(23-10-6-5-7-11-23)34(24-17-21(3)16-22(4)18-24)27(35)19-33-26-13-9-8-12-25(26)31-32-33/h5-13,16-18,20,28H,14-15,19H2,1-4H3,(H,30,36)/t28-/m1/s1. The molecule has 186 valence electrons. The van der Waals surface area contributed by atoms with Crippen LogP contribution in [0.3, 0.4) is 0 Å². The zero-order valence-electron chi connectivity index (χ0n) is 21.3. The van der Waals surface area contributed by atoms with Crippen molar-refractivity contribution in [3.8, 4) is 0 Å². The van der Waals surface area contributed by atoms with Crippen LogP contribution in [0.5, 0.6) is 0 Å². The summed E-state index contributed by atoms with van der Waals surface area (Å²) in [6.07, 6.45) is 0.857. The minimum Gasteiger partial charge on any atom is -0.354 e. The molecule has 1 heterocycles. The van der Waals surface area contributed by atoms with Crippen LogP contribution in [-0.2, 0) is 16.1 Å². The number of nitrogens with one attached hydrogen (secondary N) is 1. The fourth-order valence-electron chi connectivity index (χ4n) is 4.40. The van der Waals surface area contributed by atoms with Crippen LogP contribution in [0.2, 0.25) is 0 Å². The lowest BCUT2D eigenvalue weighted by molar-refractivity contribution is -0.127. The van der Waals surface area contributed by atoms with E-state index < -0.39 is 6.04 Å². The third-order valence-electron chi connectivity index (χ3n) is 6.10. The maximum Gasteiger partial charge on any atom is 0.249 e. The van der Waals surface area contributed by atoms with Gasteiger partial charge in [0.2, 0.25) is 11.8 Å². The molecule has 4 rings (SSSR count). The molecule has 0 bridgehead atoms. The van der Waals surface area contributed by atoms with Gasteiger partial charge < -0.3 is 5.32 Å². The molecule has 0 saturated heterocycles. The van der Waals surface area contributed by atoms with E-state index in [4.69, 9.17) is 0 Å². The number of nitrogens with zero attached hydrogens (tertiary/aromatic N) is 4. The molecule has 0 spiro atoms. The number of carbonyl (C=O) groups excluding carboxylic acids is 2. The van der Waals surface area contributed by atoms with Gasteiger partial charge in [-0.05, 0) is 67.1 Å². The molecule has 0 saturated carbocycles. The number of hydrogen-bond donors (Lipinski definition) is 1. The molecule has 4 aromatic rings. The zero-order chi connectivity index (χ0) is 25.7. The minimum atomic E-state index is -0.832. The van der Waals surface area contributed by atoms with E-state index in [0.717, 1.165) is 28.6 Å². The number of hydrogen-bond acceptors (Lipinski definition) is 4. The Morgan fingerprint density at radius 2 is 1.61 bits per heavy atom. The summed E-state index contributed by atoms with van der Waals surface area (Å²) in [4.78, 5) is 29.3. The SMILES string of the molecule is Cc1cc(C)cc(N(C(=O)Cn2nnc3ccccc32)[C@@H](C(=O)NCCC(C)C)c2ccccc2)c1. The van der Waals surface area contributed by atoms with Gasteiger partial charge in [0, 0.05) is 12.2 Å². The summed E-state index contributed by atoms with van der Waals surface area (Å²) in [5, 5.41) is 11.5. The Morgan fingerprint density at radius 1 is 0.944 bits per heavy atom. The molecule has 0 unspecified atom stereocenters. The van der Waals surface area contributed by atoms with Gasteiger partial charge in [0.25, 0.3) is 0 Å². The number of benzene rings is 3. The van der Waals surface area contributed by atoms with Crippen molar-refractivity contribution >= 4 is 28.5 Å². The predicted molar refractivity (Wildman–Crippen MR) is 143 cm³/mol. The number of aryl methyl sites for hydroxylation is 2. The highest BCUT2D eigenvalue weighted by molar-refractivity contribution is 6.01. The molecule has 2 amide bonds. The van der Waals surface area contributed by atoms with Gasteiger partial charge in [-0.2, -0.15) is 0 Å². The maximum absolute atomic E-state index is 14.0. The van der Waals surface area contributed by atoms with E-state index in [0.29, 0.717) is 23.7 Å². The molecule has 0 aliphatic heterocycles. The van der Waals surface area contributed by atoms with E-state index in [1.54, 1.807) is 9.58 Å². The first kappa shape index (κ1) is 25.1. The summed E-state index contributed by atoms with van der Waals surface area (Å²) in [7, 11) is 0. The molecule has 0 aliphatic carbocycles. The van der Waals surface area contributed by atoms with E-state index in [2.05, 4.69) is 35.5 Å². The van der Waals surface area contributed by atoms with Crippen LogP contribution in [0.4, 0.5) is 5.69 Å². The molecule has 0 fully saturated rings. The lowest BCUT2D eigenvalue weighted by Crippen LogP contribution is -2.45. The topological polar surface area (TPSA) is 80.1 Å². The number of anilines is 1. The molecule has 36 heavy (non-hydrogen) atoms. The van der Waals surface area contributed by atoms with Gasteiger partial charge in [-0.15, -0.1) is 5.10 Å². The summed E-state index contributed by atoms with van der Waals surface area (Å²) < 4.78 is 1.59. The number of fused-ring (bicyclic) bond motifs is 1. The van der Waals surface area contributed by atoms with E-state index in [1.807, 2.05) is 80.6 Å². The highest BCUT2D eigenvalue weighted by Gasteiger charge is 2.33. The van der Waals surface area contributed by atoms with Gasteiger partial charge in [0.1, 0.15) is 18.1 Å². The summed E-state index contributed by atoms with van der Waals surface area (Å²) in [5.74, 6) is -0.000414. The van der Waals surface area contributed by atoms with Crippen molar-refractivity contribution in [1.82, 2.24) is 20.3 Å². The van der Waals surface area contributed by atoms with Crippen LogP contribution in [0, 0.1) is 19.8 Å². The highest BCUT2D eigenvalue weighted by atomic mass is 16.2. The Morgan fingerprint density at radius 3 is 2.31 bits per heavy atom. The molecule has 1 aromatic heterocycles. The van der Waals surface area contributed by atoms with Crippen molar-refractivity contribution in [1.29, 1.82) is 0 Å². The van der Waals surface area contributed by atoms with Gasteiger partial charge in [0.15, 0.2) is 0 Å². The number of carbonyl (C=O) groups is 2. The van der Waals surface area contributed by atoms with Crippen LogP contribution in [0.15, 0.2) is 72.8 Å². The summed E-state index contributed by atoms with van der Waals surface area (Å²) in [6, 6.07) is 22.1. The summed E-state index contributed by atoms with van der Waals surface area (Å²) in [6.45, 7) is 8.72. The lowest BCUT2D eigenvalue weighted by Gasteiger charge is -2.32. The summed E-state index contributed by atoms with van der Waals surface area (Å²) in [5.41, 5.74) is 4.94. The highest BCUT2D eigenvalue weighted by Crippen LogP contribution is 2.30. The second-order valence-electron chi connectivity index (χ2n) is 9.63. The number of amides is 2. The Labute approximate surface area is 212 Å². The Kier molecular flexibility index (Phi) is 7.78. The number of aromatic nitrogens is 3. The molecule has 1 atom stereocenters. The molecule has 7 heteroatoms. The second-order valence-corrected chi connectivity index (χ2v) is 9.63. The van der Waals surface area contributed by atoms with Crippen molar-refractivity contribution in [3.05, 3.63) is 89.5 Å². The van der Waals surface area contributed by atoms with Crippen LogP contribution >= 0.6 is 0 Å². The van der Waals surface area contributed by atoms with E-state index in [1.165, 1.54) is 0 Å². The van der Waals surface area contributed by atoms with Crippen LogP contribution in [0.1, 0.15) is 43.0 Å². The lowest BCUT2D eigenvalue weighted by atomic mass is 10.0. The van der Waals surface area contributed by atoms with Crippen LogP contribution in [-0.4, -0.2) is 33.4 Å². The zero-order valence-corrected chi connectivity index (χ0v) is 21.3. The third kappa shape index (κ3) is 5.79. The van der Waals surface area contributed by atoms with Gasteiger partial charge >= 0.3 is 0 Å². The normalized spacial score (nSPS) is 12.0. The van der Waals surface area contributed by atoms with Crippen molar-refractivity contribution in [3.63, 3.8) is 0 Å². The minimum absolute atomic E-state index is 0.0455. The molecule has 1 N–H and O–H groups in total. The molecular formula is C29H33N5O2. The largest absolute Gasteiger partial charge is 0.354 e. The number of para-hydroxylation sites is 1. The first-order chi connectivity index (χ1) is 17.3. The van der Waals surface area contributed by atoms with Crippen LogP contribution in [0.25, 0.3) is 11.0 Å². The van der Waals surface area contributed by atoms with E-state index in [-0.39, 0.29) is 18.4 Å². The molecular weight excluding hydrogens is 450 g/mol. The number of rotatable bonds is 9.